The van der Waals surface area contributed by atoms with E-state index in [2.05, 4.69) is 85.3 Å². The van der Waals surface area contributed by atoms with Crippen molar-refractivity contribution in [1.29, 1.82) is 0 Å². The third-order valence-corrected chi connectivity index (χ3v) is 4.61. The monoisotopic (exact) mass is 441 g/mol. The fraction of sp³-hybridized carbons (Fsp3) is 0.105. The van der Waals surface area contributed by atoms with Crippen molar-refractivity contribution in [3.05, 3.63) is 76.3 Å². The molecule has 0 bridgehead atoms. The maximum atomic E-state index is 4.62. The lowest BCUT2D eigenvalue weighted by molar-refractivity contribution is 0.953. The summed E-state index contributed by atoms with van der Waals surface area (Å²) < 4.78 is 3.15. The number of anilines is 1. The molecule has 0 atom stereocenters. The van der Waals surface area contributed by atoms with E-state index in [1.54, 1.807) is 12.5 Å². The lowest BCUT2D eigenvalue weighted by atomic mass is 10.1. The number of halogens is 1. The van der Waals surface area contributed by atoms with Crippen molar-refractivity contribution >= 4 is 39.6 Å². The molecule has 6 heteroatoms. The lowest BCUT2D eigenvalue weighted by Crippen LogP contribution is -2.09. The summed E-state index contributed by atoms with van der Waals surface area (Å²) in [7, 11) is 0. The molecule has 0 radical (unpaired) electrons. The average molecular weight is 441 g/mol. The van der Waals surface area contributed by atoms with Crippen LogP contribution in [0.3, 0.4) is 0 Å². The fourth-order valence-electron chi connectivity index (χ4n) is 2.70. The van der Waals surface area contributed by atoms with E-state index < -0.39 is 0 Å². The normalized spacial score (nSPS) is 10.9. The molecular weight excluding hydrogens is 425 g/mol. The topological polar surface area (TPSA) is 55.6 Å². The average Bonchev–Trinajstić information content (AvgIpc) is 3.06. The first-order valence-electron chi connectivity index (χ1n) is 8.03. The van der Waals surface area contributed by atoms with Gasteiger partial charge in [-0.25, -0.2) is 9.97 Å². The summed E-state index contributed by atoms with van der Waals surface area (Å²) in [6.07, 6.45) is 4.50. The van der Waals surface area contributed by atoms with E-state index in [4.69, 9.17) is 0 Å². The van der Waals surface area contributed by atoms with Gasteiger partial charge >= 0.3 is 0 Å². The number of nitrogens with zero attached hydrogens (tertiary/aromatic N) is 4. The highest BCUT2D eigenvalue weighted by Crippen LogP contribution is 2.19. The molecule has 1 N–H and O–H groups in total. The highest BCUT2D eigenvalue weighted by molar-refractivity contribution is 14.1. The maximum absolute atomic E-state index is 4.62. The molecule has 4 rings (SSSR count). The number of benzene rings is 2. The Labute approximate surface area is 159 Å². The molecular formula is C19H16IN5. The minimum absolute atomic E-state index is 0.626. The number of rotatable bonds is 5. The number of aromatic nitrogens is 4. The Hall–Kier alpha value is -2.48. The summed E-state index contributed by atoms with van der Waals surface area (Å²) in [5, 5.41) is 3.30. The minimum Gasteiger partial charge on any atom is -0.354 e. The molecule has 0 aliphatic carbocycles. The van der Waals surface area contributed by atoms with Crippen molar-refractivity contribution in [2.75, 3.05) is 11.9 Å². The minimum atomic E-state index is 0.626. The molecule has 2 aromatic heterocycles. The summed E-state index contributed by atoms with van der Waals surface area (Å²) in [4.78, 5) is 13.4. The zero-order chi connectivity index (χ0) is 17.1. The van der Waals surface area contributed by atoms with E-state index >= 15 is 0 Å². The molecule has 2 heterocycles. The second kappa shape index (κ2) is 7.18. The highest BCUT2D eigenvalue weighted by atomic mass is 127. The van der Waals surface area contributed by atoms with Gasteiger partial charge in [-0.05, 0) is 58.8 Å². The third kappa shape index (κ3) is 3.63. The van der Waals surface area contributed by atoms with Crippen molar-refractivity contribution in [2.24, 2.45) is 0 Å². The molecule has 5 nitrogen and oxygen atoms in total. The molecule has 0 saturated heterocycles. The van der Waals surface area contributed by atoms with Crippen LogP contribution in [-0.2, 0) is 6.42 Å². The van der Waals surface area contributed by atoms with Gasteiger partial charge in [0.05, 0.1) is 11.0 Å². The van der Waals surface area contributed by atoms with Crippen molar-refractivity contribution in [2.45, 2.75) is 6.42 Å². The molecule has 0 aliphatic heterocycles. The summed E-state index contributed by atoms with van der Waals surface area (Å²) in [5.74, 6) is 1.43. The first kappa shape index (κ1) is 16.0. The Balaban J connectivity index is 1.52. The van der Waals surface area contributed by atoms with Gasteiger partial charge in [-0.3, -0.25) is 4.57 Å². The molecule has 25 heavy (non-hydrogen) atoms. The van der Waals surface area contributed by atoms with Gasteiger partial charge in [-0.1, -0.05) is 30.3 Å². The van der Waals surface area contributed by atoms with Gasteiger partial charge in [0, 0.05) is 16.3 Å². The second-order valence-corrected chi connectivity index (χ2v) is 6.89. The molecule has 0 fully saturated rings. The van der Waals surface area contributed by atoms with Crippen LogP contribution in [0.4, 0.5) is 5.95 Å². The first-order valence-corrected chi connectivity index (χ1v) is 9.11. The number of hydrogen-bond donors (Lipinski definition) is 1. The van der Waals surface area contributed by atoms with Crippen LogP contribution in [0.1, 0.15) is 5.56 Å². The molecule has 0 unspecified atom stereocenters. The van der Waals surface area contributed by atoms with E-state index in [9.17, 15) is 0 Å². The van der Waals surface area contributed by atoms with Gasteiger partial charge in [-0.2, -0.15) is 4.98 Å². The summed E-state index contributed by atoms with van der Waals surface area (Å²) >= 11 is 2.29. The summed E-state index contributed by atoms with van der Waals surface area (Å²) in [6.45, 7) is 0.788. The predicted molar refractivity (Wildman–Crippen MR) is 108 cm³/mol. The van der Waals surface area contributed by atoms with Crippen LogP contribution in [0.15, 0.2) is 67.1 Å². The van der Waals surface area contributed by atoms with E-state index in [0.29, 0.717) is 5.95 Å². The predicted octanol–water partition coefficient (Wildman–Crippen LogP) is 4.07. The van der Waals surface area contributed by atoms with Gasteiger partial charge in [-0.15, -0.1) is 0 Å². The number of imidazole rings is 1. The number of hydrogen-bond acceptors (Lipinski definition) is 4. The van der Waals surface area contributed by atoms with Crippen LogP contribution >= 0.6 is 22.6 Å². The standard InChI is InChI=1S/C19H16IN5/c20-15-6-7-17-16(12-15)23-13-25(17)18-9-11-22-19(24-18)21-10-8-14-4-2-1-3-5-14/h1-7,9,11-13H,8,10H2,(H,21,22,24). The molecule has 0 amide bonds. The van der Waals surface area contributed by atoms with Gasteiger partial charge in [0.15, 0.2) is 0 Å². The Morgan fingerprint density at radius 3 is 2.76 bits per heavy atom. The van der Waals surface area contributed by atoms with E-state index in [-0.39, 0.29) is 0 Å². The van der Waals surface area contributed by atoms with Crippen LogP contribution in [0.2, 0.25) is 0 Å². The lowest BCUT2D eigenvalue weighted by Gasteiger charge is -2.08. The SMILES string of the molecule is Ic1ccc2c(c1)ncn2-c1ccnc(NCCc2ccccc2)n1. The number of fused-ring (bicyclic) bond motifs is 1. The second-order valence-electron chi connectivity index (χ2n) is 5.65. The maximum Gasteiger partial charge on any atom is 0.224 e. The molecule has 0 spiro atoms. The van der Waals surface area contributed by atoms with Gasteiger partial charge in [0.25, 0.3) is 0 Å². The van der Waals surface area contributed by atoms with Crippen LogP contribution in [0.25, 0.3) is 16.9 Å². The van der Waals surface area contributed by atoms with Crippen LogP contribution in [0.5, 0.6) is 0 Å². The Bertz CT molecular complexity index is 997. The van der Waals surface area contributed by atoms with Crippen molar-refractivity contribution in [3.63, 3.8) is 0 Å². The number of nitrogens with one attached hydrogen (secondary N) is 1. The van der Waals surface area contributed by atoms with Gasteiger partial charge < -0.3 is 5.32 Å². The molecule has 124 valence electrons. The first-order chi connectivity index (χ1) is 12.3. The van der Waals surface area contributed by atoms with Crippen molar-refractivity contribution in [1.82, 2.24) is 19.5 Å². The Kier molecular flexibility index (Phi) is 4.60. The molecule has 0 saturated carbocycles. The highest BCUT2D eigenvalue weighted by Gasteiger charge is 2.07. The summed E-state index contributed by atoms with van der Waals surface area (Å²) in [6, 6.07) is 18.5. The third-order valence-electron chi connectivity index (χ3n) is 3.94. The molecule has 2 aromatic carbocycles. The van der Waals surface area contributed by atoms with E-state index in [1.165, 1.54) is 9.13 Å². The van der Waals surface area contributed by atoms with Gasteiger partial charge in [0.2, 0.25) is 5.95 Å². The fourth-order valence-corrected chi connectivity index (χ4v) is 3.17. The zero-order valence-corrected chi connectivity index (χ0v) is 15.6. The van der Waals surface area contributed by atoms with E-state index in [1.807, 2.05) is 16.7 Å². The van der Waals surface area contributed by atoms with Gasteiger partial charge in [0.1, 0.15) is 12.1 Å². The zero-order valence-electron chi connectivity index (χ0n) is 13.4. The largest absolute Gasteiger partial charge is 0.354 e. The van der Waals surface area contributed by atoms with E-state index in [0.717, 1.165) is 29.8 Å². The molecule has 4 aromatic rings. The van der Waals surface area contributed by atoms with Crippen LogP contribution < -0.4 is 5.32 Å². The Morgan fingerprint density at radius 1 is 1.00 bits per heavy atom. The smallest absolute Gasteiger partial charge is 0.224 e. The Morgan fingerprint density at radius 2 is 1.88 bits per heavy atom. The summed E-state index contributed by atoms with van der Waals surface area (Å²) in [5.41, 5.74) is 3.29. The molecule has 0 aliphatic rings. The van der Waals surface area contributed by atoms with Crippen LogP contribution in [0, 0.1) is 3.57 Å². The van der Waals surface area contributed by atoms with Crippen molar-refractivity contribution < 1.29 is 0 Å². The van der Waals surface area contributed by atoms with Crippen molar-refractivity contribution in [3.8, 4) is 5.82 Å². The quantitative estimate of drug-likeness (QED) is 0.475. The van der Waals surface area contributed by atoms with Crippen LogP contribution in [-0.4, -0.2) is 26.1 Å².